The summed E-state index contributed by atoms with van der Waals surface area (Å²) in [4.78, 5) is 18.7. The molecule has 1 fully saturated rings. The Bertz CT molecular complexity index is 1440. The lowest BCUT2D eigenvalue weighted by molar-refractivity contribution is 0.0951. The summed E-state index contributed by atoms with van der Waals surface area (Å²) in [6, 6.07) is 12.3. The summed E-state index contributed by atoms with van der Waals surface area (Å²) in [6.45, 7) is -2.51. The van der Waals surface area contributed by atoms with E-state index in [1.54, 1.807) is 24.3 Å². The van der Waals surface area contributed by atoms with Crippen molar-refractivity contribution < 1.29 is 15.8 Å². The highest BCUT2D eigenvalue weighted by Gasteiger charge is 2.24. The maximum atomic E-state index is 13.8. The largest absolute Gasteiger partial charge is 0.356 e. The van der Waals surface area contributed by atoms with Crippen molar-refractivity contribution in [2.45, 2.75) is 45.4 Å². The Morgan fingerprint density at radius 3 is 2.75 bits per heavy atom. The molecule has 32 heavy (non-hydrogen) atoms. The highest BCUT2D eigenvalue weighted by molar-refractivity contribution is 9.10. The van der Waals surface area contributed by atoms with Crippen LogP contribution in [0.3, 0.4) is 0 Å². The molecule has 1 aromatic heterocycles. The van der Waals surface area contributed by atoms with Crippen LogP contribution in [0, 0.1) is 6.92 Å². The minimum atomic E-state index is -3.24. The van der Waals surface area contributed by atoms with Gasteiger partial charge in [-0.05, 0) is 55.9 Å². The number of carbonyl (C=O) groups excluding carboxylic acids is 1. The normalized spacial score (nSPS) is 24.7. The van der Waals surface area contributed by atoms with Gasteiger partial charge in [0.05, 0.1) is 11.1 Å². The second-order valence-corrected chi connectivity index (χ2v) is 8.95. The molecule has 4 nitrogen and oxygen atoms in total. The summed E-state index contributed by atoms with van der Waals surface area (Å²) in [7, 11) is 0. The molecule has 2 aromatic carbocycles. The standard InChI is InChI=1S/C26H29BrClN3O/c1-3-8-18(20-9-4-5-10-22(20)28)16-29-26(32)24-17(2)25(31-13-6-7-14-31)30-23-12-11-19(27)15-21(23)24/h4-5,9-12,15,18H,3,6-8,13-14,16H2,1-2H3,(H,29,32)/i6D2,7D2,13D2,14D2. The van der Waals surface area contributed by atoms with Crippen molar-refractivity contribution in [1.82, 2.24) is 10.3 Å². The van der Waals surface area contributed by atoms with Gasteiger partial charge in [0.2, 0.25) is 0 Å². The van der Waals surface area contributed by atoms with Gasteiger partial charge in [-0.2, -0.15) is 0 Å². The number of hydrogen-bond acceptors (Lipinski definition) is 3. The van der Waals surface area contributed by atoms with Crippen LogP contribution in [0.4, 0.5) is 5.82 Å². The monoisotopic (exact) mass is 521 g/mol. The summed E-state index contributed by atoms with van der Waals surface area (Å²) in [6.07, 6.45) is -4.87. The fourth-order valence-electron chi connectivity index (χ4n) is 3.96. The van der Waals surface area contributed by atoms with Crippen LogP contribution in [0.5, 0.6) is 0 Å². The second kappa shape index (κ2) is 10.2. The Morgan fingerprint density at radius 2 is 2.03 bits per heavy atom. The zero-order chi connectivity index (χ0) is 29.8. The van der Waals surface area contributed by atoms with E-state index in [1.165, 1.54) is 6.92 Å². The van der Waals surface area contributed by atoms with E-state index in [9.17, 15) is 4.79 Å². The highest BCUT2D eigenvalue weighted by Crippen LogP contribution is 2.32. The van der Waals surface area contributed by atoms with E-state index in [-0.39, 0.29) is 34.9 Å². The predicted molar refractivity (Wildman–Crippen MR) is 137 cm³/mol. The molecule has 1 saturated heterocycles. The first-order valence-corrected chi connectivity index (χ1v) is 11.6. The minimum Gasteiger partial charge on any atom is -0.356 e. The van der Waals surface area contributed by atoms with Crippen LogP contribution in [-0.4, -0.2) is 30.4 Å². The Hall–Kier alpha value is -2.11. The average molecular weight is 523 g/mol. The number of anilines is 1. The second-order valence-electron chi connectivity index (χ2n) is 7.62. The van der Waals surface area contributed by atoms with E-state index < -0.39 is 31.6 Å². The molecule has 168 valence electrons. The average Bonchev–Trinajstić information content (AvgIpc) is 2.93. The van der Waals surface area contributed by atoms with Crippen LogP contribution >= 0.6 is 27.5 Å². The van der Waals surface area contributed by atoms with Crippen molar-refractivity contribution in [3.8, 4) is 0 Å². The van der Waals surface area contributed by atoms with E-state index in [2.05, 4.69) is 26.2 Å². The van der Waals surface area contributed by atoms with Crippen LogP contribution in [0.1, 0.15) is 70.9 Å². The van der Waals surface area contributed by atoms with Crippen molar-refractivity contribution in [1.29, 1.82) is 0 Å². The van der Waals surface area contributed by atoms with Crippen LogP contribution < -0.4 is 10.2 Å². The molecule has 1 aliphatic heterocycles. The van der Waals surface area contributed by atoms with Crippen molar-refractivity contribution in [3.63, 3.8) is 0 Å². The summed E-state index contributed by atoms with van der Waals surface area (Å²) >= 11 is 9.85. The molecule has 1 aliphatic rings. The number of nitrogens with one attached hydrogen (secondary N) is 1. The number of rotatable bonds is 7. The molecule has 1 amide bonds. The fourth-order valence-corrected chi connectivity index (χ4v) is 4.61. The van der Waals surface area contributed by atoms with Gasteiger partial charge in [0.25, 0.3) is 5.91 Å². The molecule has 0 aliphatic carbocycles. The number of halogens is 2. The van der Waals surface area contributed by atoms with E-state index in [0.29, 0.717) is 19.8 Å². The van der Waals surface area contributed by atoms with Crippen LogP contribution in [-0.2, 0) is 0 Å². The molecule has 0 radical (unpaired) electrons. The molecule has 1 unspecified atom stereocenters. The van der Waals surface area contributed by atoms with Crippen molar-refractivity contribution in [3.05, 3.63) is 68.7 Å². The Balaban J connectivity index is 1.85. The quantitative estimate of drug-likeness (QED) is 0.368. The number of carbonyl (C=O) groups is 1. The van der Waals surface area contributed by atoms with Crippen molar-refractivity contribution in [2.24, 2.45) is 0 Å². The molecule has 4 rings (SSSR count). The smallest absolute Gasteiger partial charge is 0.252 e. The summed E-state index contributed by atoms with van der Waals surface area (Å²) in [5.41, 5.74) is 1.34. The van der Waals surface area contributed by atoms with E-state index in [4.69, 9.17) is 22.6 Å². The number of amides is 1. The van der Waals surface area contributed by atoms with Gasteiger partial charge in [0, 0.05) is 56.9 Å². The Labute approximate surface area is 214 Å². The summed E-state index contributed by atoms with van der Waals surface area (Å²) < 4.78 is 67.4. The fraction of sp³-hybridized carbons (Fsp3) is 0.385. The molecular weight excluding hydrogens is 486 g/mol. The SMILES string of the molecule is [2H]C1([2H])N(c2nc3ccc(Br)cc3c(C(=O)NCC(CCC)c3ccccc3Cl)c2C)C([2H])([2H])C([2H])([2H])C1([2H])[2H]. The number of hydrogen-bond donors (Lipinski definition) is 1. The molecular formula is C26H29BrClN3O. The summed E-state index contributed by atoms with van der Waals surface area (Å²) in [5, 5.41) is 3.97. The first-order chi connectivity index (χ1) is 18.5. The number of pyridine rings is 1. The van der Waals surface area contributed by atoms with E-state index in [1.807, 2.05) is 25.1 Å². The maximum absolute atomic E-state index is 13.8. The third-order valence-electron chi connectivity index (χ3n) is 5.49. The molecule has 0 saturated carbocycles. The number of aromatic nitrogens is 1. The zero-order valence-electron chi connectivity index (χ0n) is 25.8. The lowest BCUT2D eigenvalue weighted by atomic mass is 9.94. The predicted octanol–water partition coefficient (Wildman–Crippen LogP) is 6.87. The maximum Gasteiger partial charge on any atom is 0.252 e. The highest BCUT2D eigenvalue weighted by atomic mass is 79.9. The number of benzene rings is 2. The topological polar surface area (TPSA) is 45.2 Å². The Morgan fingerprint density at radius 1 is 1.28 bits per heavy atom. The molecule has 3 aromatic rings. The van der Waals surface area contributed by atoms with E-state index >= 15 is 0 Å². The first kappa shape index (κ1) is 14.9. The van der Waals surface area contributed by atoms with Gasteiger partial charge in [-0.15, -0.1) is 0 Å². The third kappa shape index (κ3) is 4.79. The molecule has 0 bridgehead atoms. The van der Waals surface area contributed by atoms with E-state index in [0.717, 1.165) is 18.4 Å². The number of nitrogens with zero attached hydrogens (tertiary/aromatic N) is 2. The van der Waals surface area contributed by atoms with Crippen molar-refractivity contribution in [2.75, 3.05) is 24.4 Å². The van der Waals surface area contributed by atoms with Gasteiger partial charge in [0.15, 0.2) is 0 Å². The van der Waals surface area contributed by atoms with Crippen LogP contribution in [0.2, 0.25) is 5.02 Å². The van der Waals surface area contributed by atoms with Gasteiger partial charge >= 0.3 is 0 Å². The third-order valence-corrected chi connectivity index (χ3v) is 6.33. The van der Waals surface area contributed by atoms with Gasteiger partial charge in [-0.1, -0.05) is 59.1 Å². The molecule has 1 atom stereocenters. The first-order valence-electron chi connectivity index (χ1n) is 14.4. The molecule has 1 N–H and O–H groups in total. The van der Waals surface area contributed by atoms with Gasteiger partial charge < -0.3 is 10.2 Å². The van der Waals surface area contributed by atoms with Gasteiger partial charge in [0.1, 0.15) is 5.82 Å². The molecule has 2 heterocycles. The van der Waals surface area contributed by atoms with Gasteiger partial charge in [-0.3, -0.25) is 4.79 Å². The minimum absolute atomic E-state index is 0.0800. The zero-order valence-corrected chi connectivity index (χ0v) is 20.1. The lowest BCUT2D eigenvalue weighted by Gasteiger charge is -2.23. The lowest BCUT2D eigenvalue weighted by Crippen LogP contribution is -2.30. The van der Waals surface area contributed by atoms with Crippen LogP contribution in [0.25, 0.3) is 10.9 Å². The summed E-state index contributed by atoms with van der Waals surface area (Å²) in [5.74, 6) is -0.941. The molecule has 0 spiro atoms. The molecule has 6 heteroatoms. The Kier molecular flexibility index (Phi) is 4.77. The van der Waals surface area contributed by atoms with Crippen molar-refractivity contribution >= 4 is 50.2 Å². The van der Waals surface area contributed by atoms with Gasteiger partial charge in [-0.25, -0.2) is 4.98 Å². The van der Waals surface area contributed by atoms with Crippen LogP contribution in [0.15, 0.2) is 46.9 Å². The number of fused-ring (bicyclic) bond motifs is 1.